The minimum atomic E-state index is 0.591. The van der Waals surface area contributed by atoms with Gasteiger partial charge in [-0.3, -0.25) is 4.90 Å². The summed E-state index contributed by atoms with van der Waals surface area (Å²) < 4.78 is 11.1. The highest BCUT2D eigenvalue weighted by molar-refractivity contribution is 5.66. The number of ether oxygens (including phenoxy) is 2. The molecule has 2 unspecified atom stereocenters. The SMILES string of the molecule is Cc1cc(Nc2nccc(-c3ccc(N4CCOCC4)nc3)n2)ccc1N1C2CCC1CC(N1CCOCC1)C2. The zero-order valence-corrected chi connectivity index (χ0v) is 23.3. The molecule has 0 radical (unpaired) electrons. The lowest BCUT2D eigenvalue weighted by molar-refractivity contribution is 0.00793. The van der Waals surface area contributed by atoms with Crippen LogP contribution in [0.1, 0.15) is 31.2 Å². The van der Waals surface area contributed by atoms with Crippen LogP contribution in [0.3, 0.4) is 0 Å². The van der Waals surface area contributed by atoms with Crippen molar-refractivity contribution in [2.45, 2.75) is 50.7 Å². The number of nitrogens with one attached hydrogen (secondary N) is 1. The zero-order chi connectivity index (χ0) is 26.9. The van der Waals surface area contributed by atoms with Gasteiger partial charge in [0.1, 0.15) is 5.82 Å². The lowest BCUT2D eigenvalue weighted by Crippen LogP contribution is -2.53. The van der Waals surface area contributed by atoms with Crippen molar-refractivity contribution in [3.05, 3.63) is 54.4 Å². The highest BCUT2D eigenvalue weighted by Gasteiger charge is 2.43. The molecule has 210 valence electrons. The number of nitrogens with zero attached hydrogens (tertiary/aromatic N) is 6. The Balaban J connectivity index is 1.03. The second-order valence-electron chi connectivity index (χ2n) is 11.5. The summed E-state index contributed by atoms with van der Waals surface area (Å²) in [6.07, 6.45) is 8.82. The van der Waals surface area contributed by atoms with E-state index in [4.69, 9.17) is 14.5 Å². The minimum absolute atomic E-state index is 0.591. The molecule has 0 saturated carbocycles. The normalized spacial score (nSPS) is 25.3. The van der Waals surface area contributed by atoms with E-state index in [-0.39, 0.29) is 0 Å². The molecule has 1 aromatic carbocycles. The van der Waals surface area contributed by atoms with Crippen molar-refractivity contribution in [3.8, 4) is 11.3 Å². The molecule has 0 spiro atoms. The maximum Gasteiger partial charge on any atom is 0.227 e. The van der Waals surface area contributed by atoms with E-state index in [9.17, 15) is 0 Å². The van der Waals surface area contributed by atoms with Gasteiger partial charge in [0, 0.05) is 73.6 Å². The number of fused-ring (bicyclic) bond motifs is 2. The Hall–Kier alpha value is -3.27. The Bertz CT molecular complexity index is 1290. The molecular weight excluding hydrogens is 502 g/mol. The van der Waals surface area contributed by atoms with Crippen LogP contribution in [-0.4, -0.2) is 90.6 Å². The molecule has 3 aromatic rings. The molecule has 2 bridgehead atoms. The summed E-state index contributed by atoms with van der Waals surface area (Å²) in [6, 6.07) is 14.7. The first-order chi connectivity index (χ1) is 19.7. The van der Waals surface area contributed by atoms with Gasteiger partial charge in [-0.1, -0.05) is 0 Å². The summed E-state index contributed by atoms with van der Waals surface area (Å²) in [4.78, 5) is 21.6. The van der Waals surface area contributed by atoms with Gasteiger partial charge in [0.05, 0.1) is 32.1 Å². The number of hydrogen-bond acceptors (Lipinski definition) is 9. The summed E-state index contributed by atoms with van der Waals surface area (Å²) in [5, 5.41) is 3.43. The third-order valence-electron chi connectivity index (χ3n) is 9.04. The summed E-state index contributed by atoms with van der Waals surface area (Å²) in [5.74, 6) is 1.57. The standard InChI is InChI=1S/C31H39N7O2/c1-22-18-24(3-6-29(22)38-25-4-5-26(38)20-27(19-25)36-10-14-39-15-11-36)34-31-32-9-8-28(35-31)23-2-7-30(33-21-23)37-12-16-40-17-13-37/h2-3,6-9,18,21,25-27H,4-5,10-17,19-20H2,1H3,(H,32,34,35). The second-order valence-corrected chi connectivity index (χ2v) is 11.5. The maximum absolute atomic E-state index is 5.60. The molecule has 9 nitrogen and oxygen atoms in total. The molecule has 7 rings (SSSR count). The van der Waals surface area contributed by atoms with Crippen LogP contribution >= 0.6 is 0 Å². The molecule has 4 aliphatic heterocycles. The Morgan fingerprint density at radius 3 is 2.27 bits per heavy atom. The molecule has 4 fully saturated rings. The number of hydrogen-bond donors (Lipinski definition) is 1. The highest BCUT2D eigenvalue weighted by atomic mass is 16.5. The molecule has 2 aromatic heterocycles. The van der Waals surface area contributed by atoms with E-state index < -0.39 is 0 Å². The average Bonchev–Trinajstić information content (AvgIpc) is 3.26. The number of benzene rings is 1. The van der Waals surface area contributed by atoms with E-state index in [2.05, 4.69) is 67.2 Å². The van der Waals surface area contributed by atoms with E-state index >= 15 is 0 Å². The number of piperidine rings is 1. The van der Waals surface area contributed by atoms with Crippen molar-refractivity contribution < 1.29 is 9.47 Å². The second kappa shape index (κ2) is 11.3. The molecule has 0 aliphatic carbocycles. The first-order valence-corrected chi connectivity index (χ1v) is 14.8. The molecule has 9 heteroatoms. The summed E-state index contributed by atoms with van der Waals surface area (Å²) in [6.45, 7) is 9.42. The molecule has 4 aliphatic rings. The van der Waals surface area contributed by atoms with E-state index in [1.165, 1.54) is 36.9 Å². The van der Waals surface area contributed by atoms with Crippen LogP contribution in [0.5, 0.6) is 0 Å². The Morgan fingerprint density at radius 1 is 0.825 bits per heavy atom. The van der Waals surface area contributed by atoms with Crippen LogP contribution in [0, 0.1) is 6.92 Å². The lowest BCUT2D eigenvalue weighted by atomic mass is 9.94. The number of pyridine rings is 1. The van der Waals surface area contributed by atoms with Crippen LogP contribution in [0.25, 0.3) is 11.3 Å². The third-order valence-corrected chi connectivity index (χ3v) is 9.04. The van der Waals surface area contributed by atoms with E-state index in [0.29, 0.717) is 24.1 Å². The Labute approximate surface area is 236 Å². The van der Waals surface area contributed by atoms with Gasteiger partial charge in [-0.15, -0.1) is 0 Å². The minimum Gasteiger partial charge on any atom is -0.379 e. The van der Waals surface area contributed by atoms with Gasteiger partial charge < -0.3 is 24.6 Å². The van der Waals surface area contributed by atoms with Gasteiger partial charge in [-0.25, -0.2) is 15.0 Å². The van der Waals surface area contributed by atoms with Crippen LogP contribution in [-0.2, 0) is 9.47 Å². The fourth-order valence-electron chi connectivity index (χ4n) is 7.03. The summed E-state index contributed by atoms with van der Waals surface area (Å²) in [5.41, 5.74) is 5.51. The van der Waals surface area contributed by atoms with Crippen molar-refractivity contribution in [2.75, 3.05) is 67.7 Å². The predicted molar refractivity (Wildman–Crippen MR) is 157 cm³/mol. The lowest BCUT2D eigenvalue weighted by Gasteiger charge is -2.45. The van der Waals surface area contributed by atoms with Crippen LogP contribution in [0.15, 0.2) is 48.8 Å². The molecule has 4 saturated heterocycles. The van der Waals surface area contributed by atoms with Gasteiger partial charge >= 0.3 is 0 Å². The Morgan fingerprint density at radius 2 is 1.57 bits per heavy atom. The number of rotatable bonds is 6. The largest absolute Gasteiger partial charge is 0.379 e. The van der Waals surface area contributed by atoms with E-state index in [1.54, 1.807) is 6.20 Å². The van der Waals surface area contributed by atoms with Gasteiger partial charge in [-0.05, 0) is 74.6 Å². The summed E-state index contributed by atoms with van der Waals surface area (Å²) in [7, 11) is 0. The fraction of sp³-hybridized carbons (Fsp3) is 0.516. The number of aromatic nitrogens is 3. The molecule has 0 amide bonds. The number of aryl methyl sites for hydroxylation is 1. The predicted octanol–water partition coefficient (Wildman–Crippen LogP) is 4.26. The van der Waals surface area contributed by atoms with Crippen LogP contribution in [0.2, 0.25) is 0 Å². The highest BCUT2D eigenvalue weighted by Crippen LogP contribution is 2.42. The quantitative estimate of drug-likeness (QED) is 0.493. The topological polar surface area (TPSA) is 78.9 Å². The number of morpholine rings is 2. The average molecular weight is 542 g/mol. The van der Waals surface area contributed by atoms with Gasteiger partial charge in [0.25, 0.3) is 0 Å². The molecule has 1 N–H and O–H groups in total. The first kappa shape index (κ1) is 25.7. The van der Waals surface area contributed by atoms with E-state index in [0.717, 1.165) is 75.4 Å². The zero-order valence-electron chi connectivity index (χ0n) is 23.3. The molecule has 2 atom stereocenters. The van der Waals surface area contributed by atoms with E-state index in [1.807, 2.05) is 12.3 Å². The van der Waals surface area contributed by atoms with Gasteiger partial charge in [-0.2, -0.15) is 0 Å². The van der Waals surface area contributed by atoms with Gasteiger partial charge in [0.15, 0.2) is 0 Å². The molecule has 40 heavy (non-hydrogen) atoms. The number of anilines is 4. The van der Waals surface area contributed by atoms with Crippen molar-refractivity contribution in [2.24, 2.45) is 0 Å². The maximum atomic E-state index is 5.60. The Kier molecular flexibility index (Phi) is 7.26. The van der Waals surface area contributed by atoms with Crippen molar-refractivity contribution in [1.82, 2.24) is 19.9 Å². The fourth-order valence-corrected chi connectivity index (χ4v) is 7.03. The van der Waals surface area contributed by atoms with Crippen LogP contribution < -0.4 is 15.1 Å². The smallest absolute Gasteiger partial charge is 0.227 e. The van der Waals surface area contributed by atoms with Crippen molar-refractivity contribution in [1.29, 1.82) is 0 Å². The molecular formula is C31H39N7O2. The molecule has 6 heterocycles. The monoisotopic (exact) mass is 541 g/mol. The van der Waals surface area contributed by atoms with Crippen molar-refractivity contribution >= 4 is 23.1 Å². The van der Waals surface area contributed by atoms with Crippen LogP contribution in [0.4, 0.5) is 23.1 Å². The third kappa shape index (κ3) is 5.25. The summed E-state index contributed by atoms with van der Waals surface area (Å²) >= 11 is 0. The first-order valence-electron chi connectivity index (χ1n) is 14.8. The van der Waals surface area contributed by atoms with Gasteiger partial charge in [0.2, 0.25) is 5.95 Å². The van der Waals surface area contributed by atoms with Crippen molar-refractivity contribution in [3.63, 3.8) is 0 Å².